The maximum Gasteiger partial charge on any atom is 0.310 e. The summed E-state index contributed by atoms with van der Waals surface area (Å²) in [5, 5.41) is 0. The first-order valence-electron chi connectivity index (χ1n) is 8.53. The molecule has 1 aromatic rings. The zero-order valence-electron chi connectivity index (χ0n) is 15.2. The van der Waals surface area contributed by atoms with Gasteiger partial charge in [-0.2, -0.15) is 0 Å². The number of aryl methyl sites for hydroxylation is 1. The summed E-state index contributed by atoms with van der Waals surface area (Å²) >= 11 is 0. The normalized spacial score (nSPS) is 11.7. The molecule has 0 aliphatic rings. The van der Waals surface area contributed by atoms with E-state index in [1.165, 1.54) is 7.11 Å². The summed E-state index contributed by atoms with van der Waals surface area (Å²) in [4.78, 5) is 25.8. The highest BCUT2D eigenvalue weighted by Gasteiger charge is 2.21. The molecule has 1 amide bonds. The summed E-state index contributed by atoms with van der Waals surface area (Å²) < 4.78 is 10.3. The van der Waals surface area contributed by atoms with Gasteiger partial charge in [-0.25, -0.2) is 0 Å². The lowest BCUT2D eigenvalue weighted by Gasteiger charge is -2.25. The zero-order valence-corrected chi connectivity index (χ0v) is 15.2. The van der Waals surface area contributed by atoms with Crippen LogP contribution in [0.25, 0.3) is 0 Å². The fourth-order valence-corrected chi connectivity index (χ4v) is 2.35. The van der Waals surface area contributed by atoms with Crippen LogP contribution in [0.15, 0.2) is 24.3 Å². The van der Waals surface area contributed by atoms with Crippen molar-refractivity contribution in [2.45, 2.75) is 40.0 Å². The lowest BCUT2D eigenvalue weighted by atomic mass is 10.1. The first kappa shape index (κ1) is 20.0. The lowest BCUT2D eigenvalue weighted by Crippen LogP contribution is -2.40. The highest BCUT2D eigenvalue weighted by atomic mass is 16.5. The van der Waals surface area contributed by atoms with Crippen molar-refractivity contribution in [2.75, 3.05) is 26.8 Å². The molecule has 5 nitrogen and oxygen atoms in total. The van der Waals surface area contributed by atoms with Crippen LogP contribution in [0.4, 0.5) is 0 Å². The molecule has 0 aliphatic heterocycles. The van der Waals surface area contributed by atoms with Gasteiger partial charge >= 0.3 is 5.97 Å². The molecule has 0 bridgehead atoms. The average Bonchev–Trinajstić information content (AvgIpc) is 2.59. The SMILES string of the molecule is CCCCCN(CC(C)C(=O)OC)C(=O)COc1ccc(C)cc1. The monoisotopic (exact) mass is 335 g/mol. The van der Waals surface area contributed by atoms with E-state index in [0.29, 0.717) is 18.8 Å². The van der Waals surface area contributed by atoms with Gasteiger partial charge in [0.2, 0.25) is 0 Å². The van der Waals surface area contributed by atoms with Crippen LogP contribution in [0.1, 0.15) is 38.7 Å². The van der Waals surface area contributed by atoms with Crippen molar-refractivity contribution < 1.29 is 19.1 Å². The Morgan fingerprint density at radius 1 is 1.17 bits per heavy atom. The zero-order chi connectivity index (χ0) is 17.9. The summed E-state index contributed by atoms with van der Waals surface area (Å²) in [5.74, 6) is -0.0893. The van der Waals surface area contributed by atoms with E-state index in [1.807, 2.05) is 31.2 Å². The minimum Gasteiger partial charge on any atom is -0.484 e. The predicted octanol–water partition coefficient (Wildman–Crippen LogP) is 3.20. The van der Waals surface area contributed by atoms with Crippen LogP contribution in [0, 0.1) is 12.8 Å². The number of methoxy groups -OCH3 is 1. The molecule has 0 spiro atoms. The molecule has 0 fully saturated rings. The lowest BCUT2D eigenvalue weighted by molar-refractivity contribution is -0.146. The molecule has 1 atom stereocenters. The van der Waals surface area contributed by atoms with Crippen molar-refractivity contribution in [3.8, 4) is 5.75 Å². The van der Waals surface area contributed by atoms with Crippen molar-refractivity contribution >= 4 is 11.9 Å². The van der Waals surface area contributed by atoms with Gasteiger partial charge in [0.25, 0.3) is 5.91 Å². The number of ether oxygens (including phenoxy) is 2. The Hall–Kier alpha value is -2.04. The number of rotatable bonds is 10. The molecule has 0 aliphatic carbocycles. The van der Waals surface area contributed by atoms with E-state index in [-0.39, 0.29) is 24.4 Å². The van der Waals surface area contributed by atoms with E-state index in [2.05, 4.69) is 6.92 Å². The molecule has 0 saturated carbocycles. The second kappa shape index (κ2) is 10.7. The minimum atomic E-state index is -0.347. The number of nitrogens with zero attached hydrogens (tertiary/aromatic N) is 1. The Morgan fingerprint density at radius 3 is 2.42 bits per heavy atom. The van der Waals surface area contributed by atoms with Gasteiger partial charge < -0.3 is 14.4 Å². The predicted molar refractivity (Wildman–Crippen MR) is 94.0 cm³/mol. The largest absolute Gasteiger partial charge is 0.484 e. The molecule has 0 heterocycles. The Morgan fingerprint density at radius 2 is 1.83 bits per heavy atom. The Bertz CT molecular complexity index is 513. The molecule has 24 heavy (non-hydrogen) atoms. The van der Waals surface area contributed by atoms with Gasteiger partial charge in [-0.15, -0.1) is 0 Å². The molecule has 0 radical (unpaired) electrons. The Kier molecular flexibility index (Phi) is 8.90. The molecule has 134 valence electrons. The molecule has 0 N–H and O–H groups in total. The number of carbonyl (C=O) groups excluding carboxylic acids is 2. The van der Waals surface area contributed by atoms with Crippen LogP contribution in [-0.2, 0) is 14.3 Å². The molecule has 1 aromatic carbocycles. The fraction of sp³-hybridized carbons (Fsp3) is 0.579. The number of carbonyl (C=O) groups is 2. The third kappa shape index (κ3) is 7.02. The van der Waals surface area contributed by atoms with Crippen molar-refractivity contribution in [2.24, 2.45) is 5.92 Å². The summed E-state index contributed by atoms with van der Waals surface area (Å²) in [7, 11) is 1.36. The smallest absolute Gasteiger partial charge is 0.310 e. The second-order valence-corrected chi connectivity index (χ2v) is 6.07. The molecule has 0 saturated heterocycles. The van der Waals surface area contributed by atoms with Crippen LogP contribution < -0.4 is 4.74 Å². The van der Waals surface area contributed by atoms with Gasteiger partial charge in [-0.3, -0.25) is 9.59 Å². The van der Waals surface area contributed by atoms with Crippen molar-refractivity contribution in [3.05, 3.63) is 29.8 Å². The summed E-state index contributed by atoms with van der Waals surface area (Å²) in [6, 6.07) is 7.58. The standard InChI is InChI=1S/C19H29NO4/c1-5-6-7-12-20(13-16(3)19(22)23-4)18(21)14-24-17-10-8-15(2)9-11-17/h8-11,16H,5-7,12-14H2,1-4H3. The van der Waals surface area contributed by atoms with Gasteiger partial charge in [0.05, 0.1) is 13.0 Å². The van der Waals surface area contributed by atoms with Crippen LogP contribution in [0.3, 0.4) is 0 Å². The van der Waals surface area contributed by atoms with Gasteiger partial charge in [0.15, 0.2) is 6.61 Å². The third-order valence-electron chi connectivity index (χ3n) is 3.87. The van der Waals surface area contributed by atoms with Crippen LogP contribution >= 0.6 is 0 Å². The van der Waals surface area contributed by atoms with Crippen molar-refractivity contribution in [1.82, 2.24) is 4.90 Å². The van der Waals surface area contributed by atoms with Crippen molar-refractivity contribution in [3.63, 3.8) is 0 Å². The molecule has 0 aromatic heterocycles. The minimum absolute atomic E-state index is 0.0247. The molecular weight excluding hydrogens is 306 g/mol. The van der Waals surface area contributed by atoms with E-state index in [1.54, 1.807) is 11.8 Å². The molecular formula is C19H29NO4. The molecule has 5 heteroatoms. The molecule has 1 unspecified atom stereocenters. The maximum absolute atomic E-state index is 12.5. The second-order valence-electron chi connectivity index (χ2n) is 6.07. The average molecular weight is 335 g/mol. The number of benzene rings is 1. The number of esters is 1. The van der Waals surface area contributed by atoms with E-state index in [9.17, 15) is 9.59 Å². The third-order valence-corrected chi connectivity index (χ3v) is 3.87. The van der Waals surface area contributed by atoms with E-state index >= 15 is 0 Å². The molecule has 1 rings (SSSR count). The first-order valence-corrected chi connectivity index (χ1v) is 8.53. The summed E-state index contributed by atoms with van der Waals surface area (Å²) in [6.45, 7) is 6.84. The summed E-state index contributed by atoms with van der Waals surface area (Å²) in [5.41, 5.74) is 1.14. The van der Waals surface area contributed by atoms with Gasteiger partial charge in [-0.1, -0.05) is 44.4 Å². The van der Waals surface area contributed by atoms with Gasteiger partial charge in [-0.05, 0) is 25.5 Å². The van der Waals surface area contributed by atoms with Crippen LogP contribution in [-0.4, -0.2) is 43.6 Å². The van der Waals surface area contributed by atoms with E-state index < -0.39 is 0 Å². The topological polar surface area (TPSA) is 55.8 Å². The number of amides is 1. The van der Waals surface area contributed by atoms with E-state index in [0.717, 1.165) is 24.8 Å². The summed E-state index contributed by atoms with van der Waals surface area (Å²) in [6.07, 6.45) is 3.05. The van der Waals surface area contributed by atoms with E-state index in [4.69, 9.17) is 9.47 Å². The Labute approximate surface area is 144 Å². The van der Waals surface area contributed by atoms with Gasteiger partial charge in [0, 0.05) is 13.1 Å². The highest BCUT2D eigenvalue weighted by molar-refractivity contribution is 5.79. The van der Waals surface area contributed by atoms with Crippen LogP contribution in [0.5, 0.6) is 5.75 Å². The number of hydrogen-bond donors (Lipinski definition) is 0. The Balaban J connectivity index is 2.60. The fourth-order valence-electron chi connectivity index (χ4n) is 2.35. The maximum atomic E-state index is 12.5. The van der Waals surface area contributed by atoms with Crippen LogP contribution in [0.2, 0.25) is 0 Å². The van der Waals surface area contributed by atoms with Gasteiger partial charge in [0.1, 0.15) is 5.75 Å². The number of hydrogen-bond acceptors (Lipinski definition) is 4. The highest BCUT2D eigenvalue weighted by Crippen LogP contribution is 2.12. The first-order chi connectivity index (χ1) is 11.5. The quantitative estimate of drug-likeness (QED) is 0.487. The number of unbranched alkanes of at least 4 members (excludes halogenated alkanes) is 2. The van der Waals surface area contributed by atoms with Crippen molar-refractivity contribution in [1.29, 1.82) is 0 Å².